The average Bonchev–Trinajstić information content (AvgIpc) is 3.64. The summed E-state index contributed by atoms with van der Waals surface area (Å²) in [7, 11) is 0. The Bertz CT molecular complexity index is 2760. The molecule has 1 aliphatic carbocycles. The van der Waals surface area contributed by atoms with Gasteiger partial charge in [0.2, 0.25) is 0 Å². The van der Waals surface area contributed by atoms with Crippen molar-refractivity contribution in [3.63, 3.8) is 0 Å². The summed E-state index contributed by atoms with van der Waals surface area (Å²) in [5.41, 5.74) is 12.9. The lowest BCUT2D eigenvalue weighted by Gasteiger charge is -2.29. The second-order valence-corrected chi connectivity index (χ2v) is 13.7. The van der Waals surface area contributed by atoms with Crippen LogP contribution in [-0.4, -0.2) is 0 Å². The number of benzene rings is 8. The molecule has 0 N–H and O–H groups in total. The van der Waals surface area contributed by atoms with E-state index in [1.165, 1.54) is 49.5 Å². The summed E-state index contributed by atoms with van der Waals surface area (Å²) in [5.74, 6) is 0. The largest absolute Gasteiger partial charge is 0.455 e. The third-order valence-electron chi connectivity index (χ3n) is 10.7. The molecular formula is C47H33NO. The van der Waals surface area contributed by atoms with Crippen LogP contribution in [0.3, 0.4) is 0 Å². The highest BCUT2D eigenvalue weighted by molar-refractivity contribution is 6.16. The zero-order valence-electron chi connectivity index (χ0n) is 27.4. The third kappa shape index (κ3) is 4.14. The van der Waals surface area contributed by atoms with Gasteiger partial charge in [-0.1, -0.05) is 135 Å². The number of fused-ring (bicyclic) bond motifs is 9. The molecule has 232 valence electrons. The van der Waals surface area contributed by atoms with Gasteiger partial charge in [0.1, 0.15) is 11.2 Å². The highest BCUT2D eigenvalue weighted by Gasteiger charge is 2.35. The molecule has 49 heavy (non-hydrogen) atoms. The Balaban J connectivity index is 1.25. The maximum absolute atomic E-state index is 6.56. The average molecular weight is 628 g/mol. The molecule has 1 aromatic heterocycles. The fourth-order valence-corrected chi connectivity index (χ4v) is 8.26. The van der Waals surface area contributed by atoms with E-state index in [0.29, 0.717) is 0 Å². The van der Waals surface area contributed by atoms with E-state index >= 15 is 0 Å². The Labute approximate surface area is 285 Å². The van der Waals surface area contributed by atoms with Crippen LogP contribution >= 0.6 is 0 Å². The van der Waals surface area contributed by atoms with Crippen molar-refractivity contribution < 1.29 is 4.42 Å². The van der Waals surface area contributed by atoms with Crippen molar-refractivity contribution >= 4 is 60.5 Å². The Hall–Kier alpha value is -6.12. The topological polar surface area (TPSA) is 16.4 Å². The zero-order chi connectivity index (χ0) is 32.7. The van der Waals surface area contributed by atoms with Crippen LogP contribution in [0.5, 0.6) is 0 Å². The van der Waals surface area contributed by atoms with Gasteiger partial charge in [-0.15, -0.1) is 0 Å². The van der Waals surface area contributed by atoms with E-state index in [2.05, 4.69) is 183 Å². The standard InChI is InChI=1S/C47H33NO/c1-47(2)42-20-9-7-17-37(42)40-28-32(23-26-43(40)47)48(44-21-10-8-18-38(44)36-19-11-14-30-12-3-5-15-34(30)36)33-24-27-45-41(29-33)39-25-22-31-13-4-6-16-35(31)46(39)49-45/h3-29H,1-2H3. The molecule has 0 saturated carbocycles. The summed E-state index contributed by atoms with van der Waals surface area (Å²) in [5, 5.41) is 7.03. The predicted molar refractivity (Wildman–Crippen MR) is 206 cm³/mol. The lowest BCUT2D eigenvalue weighted by molar-refractivity contribution is 0.660. The summed E-state index contributed by atoms with van der Waals surface area (Å²) in [6.07, 6.45) is 0. The van der Waals surface area contributed by atoms with E-state index in [9.17, 15) is 0 Å². The molecule has 1 aliphatic rings. The number of hydrogen-bond donors (Lipinski definition) is 0. The molecule has 10 rings (SSSR count). The molecule has 0 fully saturated rings. The van der Waals surface area contributed by atoms with Gasteiger partial charge in [-0.3, -0.25) is 0 Å². The first kappa shape index (κ1) is 27.9. The molecule has 2 nitrogen and oxygen atoms in total. The fraction of sp³-hybridized carbons (Fsp3) is 0.0638. The number of rotatable bonds is 4. The summed E-state index contributed by atoms with van der Waals surface area (Å²) >= 11 is 0. The predicted octanol–water partition coefficient (Wildman–Crippen LogP) is 13.3. The summed E-state index contributed by atoms with van der Waals surface area (Å²) < 4.78 is 6.56. The van der Waals surface area contributed by atoms with Gasteiger partial charge in [0, 0.05) is 38.5 Å². The SMILES string of the molecule is CC1(C)c2ccccc2-c2cc(N(c3ccc4oc5c6ccccc6ccc5c4c3)c3ccccc3-c3cccc4ccccc34)ccc21. The van der Waals surface area contributed by atoms with Gasteiger partial charge in [-0.2, -0.15) is 0 Å². The summed E-state index contributed by atoms with van der Waals surface area (Å²) in [6, 6.07) is 59.5. The Kier molecular flexibility index (Phi) is 5.95. The summed E-state index contributed by atoms with van der Waals surface area (Å²) in [4.78, 5) is 2.44. The first-order valence-corrected chi connectivity index (χ1v) is 17.0. The first-order valence-electron chi connectivity index (χ1n) is 17.0. The van der Waals surface area contributed by atoms with Crippen LogP contribution in [0, 0.1) is 0 Å². The molecule has 0 aliphatic heterocycles. The monoisotopic (exact) mass is 627 g/mol. The van der Waals surface area contributed by atoms with Gasteiger partial charge in [-0.25, -0.2) is 0 Å². The van der Waals surface area contributed by atoms with E-state index in [0.717, 1.165) is 44.4 Å². The minimum Gasteiger partial charge on any atom is -0.455 e. The van der Waals surface area contributed by atoms with Crippen molar-refractivity contribution in [2.24, 2.45) is 0 Å². The molecule has 9 aromatic rings. The molecule has 0 amide bonds. The van der Waals surface area contributed by atoms with Crippen molar-refractivity contribution in [2.45, 2.75) is 19.3 Å². The van der Waals surface area contributed by atoms with E-state index in [1.807, 2.05) is 0 Å². The maximum Gasteiger partial charge on any atom is 0.143 e. The molecule has 0 bridgehead atoms. The highest BCUT2D eigenvalue weighted by Crippen LogP contribution is 2.51. The molecule has 0 saturated heterocycles. The first-order chi connectivity index (χ1) is 24.1. The summed E-state index contributed by atoms with van der Waals surface area (Å²) in [6.45, 7) is 4.68. The Morgan fingerprint density at radius 3 is 1.94 bits per heavy atom. The van der Waals surface area contributed by atoms with Crippen LogP contribution in [0.1, 0.15) is 25.0 Å². The highest BCUT2D eigenvalue weighted by atomic mass is 16.3. The van der Waals surface area contributed by atoms with Crippen molar-refractivity contribution in [3.8, 4) is 22.3 Å². The molecule has 0 radical (unpaired) electrons. The molecule has 0 spiro atoms. The molecule has 2 heteroatoms. The van der Waals surface area contributed by atoms with E-state index < -0.39 is 0 Å². The molecule has 0 atom stereocenters. The Morgan fingerprint density at radius 2 is 1.06 bits per heavy atom. The van der Waals surface area contributed by atoms with Crippen LogP contribution < -0.4 is 4.90 Å². The number of nitrogens with zero attached hydrogens (tertiary/aromatic N) is 1. The molecule has 0 unspecified atom stereocenters. The molecular weight excluding hydrogens is 595 g/mol. The Morgan fingerprint density at radius 1 is 0.429 bits per heavy atom. The fourth-order valence-electron chi connectivity index (χ4n) is 8.26. The van der Waals surface area contributed by atoms with E-state index in [4.69, 9.17) is 4.42 Å². The number of hydrogen-bond acceptors (Lipinski definition) is 2. The molecule has 8 aromatic carbocycles. The van der Waals surface area contributed by atoms with Crippen LogP contribution in [0.2, 0.25) is 0 Å². The van der Waals surface area contributed by atoms with Crippen LogP contribution in [0.4, 0.5) is 17.1 Å². The van der Waals surface area contributed by atoms with Gasteiger partial charge in [-0.05, 0) is 86.4 Å². The van der Waals surface area contributed by atoms with Gasteiger partial charge in [0.05, 0.1) is 5.69 Å². The minimum atomic E-state index is -0.0620. The zero-order valence-corrected chi connectivity index (χ0v) is 27.4. The third-order valence-corrected chi connectivity index (χ3v) is 10.7. The maximum atomic E-state index is 6.56. The smallest absolute Gasteiger partial charge is 0.143 e. The van der Waals surface area contributed by atoms with Crippen LogP contribution in [0.25, 0.3) is 65.7 Å². The van der Waals surface area contributed by atoms with E-state index in [-0.39, 0.29) is 5.41 Å². The van der Waals surface area contributed by atoms with Gasteiger partial charge in [0.25, 0.3) is 0 Å². The normalized spacial score (nSPS) is 13.3. The van der Waals surface area contributed by atoms with Gasteiger partial charge < -0.3 is 9.32 Å². The molecule has 1 heterocycles. The quantitative estimate of drug-likeness (QED) is 0.193. The van der Waals surface area contributed by atoms with Crippen molar-refractivity contribution in [2.75, 3.05) is 4.90 Å². The number of furan rings is 1. The second kappa shape index (κ2) is 10.4. The van der Waals surface area contributed by atoms with Crippen LogP contribution in [-0.2, 0) is 5.41 Å². The van der Waals surface area contributed by atoms with Crippen LogP contribution in [0.15, 0.2) is 168 Å². The van der Waals surface area contributed by atoms with Gasteiger partial charge in [0.15, 0.2) is 0 Å². The lowest BCUT2D eigenvalue weighted by atomic mass is 9.82. The van der Waals surface area contributed by atoms with Crippen molar-refractivity contribution in [1.82, 2.24) is 0 Å². The second-order valence-electron chi connectivity index (χ2n) is 13.7. The lowest BCUT2D eigenvalue weighted by Crippen LogP contribution is -2.15. The van der Waals surface area contributed by atoms with E-state index in [1.54, 1.807) is 0 Å². The van der Waals surface area contributed by atoms with Crippen molar-refractivity contribution in [1.29, 1.82) is 0 Å². The van der Waals surface area contributed by atoms with Crippen molar-refractivity contribution in [3.05, 3.63) is 175 Å². The number of para-hydroxylation sites is 1. The minimum absolute atomic E-state index is 0.0620. The van der Waals surface area contributed by atoms with Gasteiger partial charge >= 0.3 is 0 Å². The number of anilines is 3.